The van der Waals surface area contributed by atoms with Crippen LogP contribution in [0.3, 0.4) is 0 Å². The summed E-state index contributed by atoms with van der Waals surface area (Å²) in [6, 6.07) is 14.1. The summed E-state index contributed by atoms with van der Waals surface area (Å²) in [7, 11) is 1.63. The zero-order chi connectivity index (χ0) is 18.4. The molecule has 3 nitrogen and oxygen atoms in total. The number of halogens is 1. The molecule has 0 radical (unpaired) electrons. The second-order valence-electron chi connectivity index (χ2n) is 5.91. The first kappa shape index (κ1) is 19.3. The number of aryl methyl sites for hydroxylation is 1. The molecular weight excluding hydrogens is 425 g/mol. The number of hydrogen-bond donors (Lipinski definition) is 0. The minimum absolute atomic E-state index is 0.117. The standard InChI is InChI=1S/C21H22INO2/c1-5-15(3)25-21-19(22)11-16(12-20(21)24-4)10-18(13-23)17-8-6-14(2)7-9-17/h6-12,15H,5H2,1-4H3/b18-10-. The molecule has 2 rings (SSSR count). The summed E-state index contributed by atoms with van der Waals surface area (Å²) in [4.78, 5) is 0. The minimum atomic E-state index is 0.117. The monoisotopic (exact) mass is 447 g/mol. The summed E-state index contributed by atoms with van der Waals surface area (Å²) in [5.74, 6) is 1.43. The maximum Gasteiger partial charge on any atom is 0.174 e. The molecule has 0 aliphatic rings. The van der Waals surface area contributed by atoms with E-state index >= 15 is 0 Å². The van der Waals surface area contributed by atoms with Gasteiger partial charge in [-0.1, -0.05) is 36.8 Å². The van der Waals surface area contributed by atoms with E-state index in [0.29, 0.717) is 11.3 Å². The van der Waals surface area contributed by atoms with Crippen molar-refractivity contribution in [3.05, 3.63) is 56.7 Å². The van der Waals surface area contributed by atoms with E-state index in [2.05, 4.69) is 35.6 Å². The molecule has 0 saturated heterocycles. The fraction of sp³-hybridized carbons (Fsp3) is 0.286. The predicted octanol–water partition coefficient (Wildman–Crippen LogP) is 5.85. The summed E-state index contributed by atoms with van der Waals surface area (Å²) < 4.78 is 12.5. The normalized spacial score (nSPS) is 12.4. The van der Waals surface area contributed by atoms with Crippen molar-refractivity contribution in [2.75, 3.05) is 7.11 Å². The van der Waals surface area contributed by atoms with Crippen LogP contribution >= 0.6 is 22.6 Å². The zero-order valence-corrected chi connectivity index (χ0v) is 17.1. The van der Waals surface area contributed by atoms with E-state index in [1.165, 1.54) is 5.56 Å². The Kier molecular flexibility index (Phi) is 6.89. The molecule has 1 unspecified atom stereocenters. The maximum absolute atomic E-state index is 9.54. The van der Waals surface area contributed by atoms with Gasteiger partial charge in [0.2, 0.25) is 0 Å². The smallest absolute Gasteiger partial charge is 0.174 e. The van der Waals surface area contributed by atoms with Crippen molar-refractivity contribution in [2.45, 2.75) is 33.3 Å². The fourth-order valence-electron chi connectivity index (χ4n) is 2.30. The van der Waals surface area contributed by atoms with Crippen molar-refractivity contribution in [1.29, 1.82) is 5.26 Å². The maximum atomic E-state index is 9.54. The molecule has 0 heterocycles. The summed E-state index contributed by atoms with van der Waals surface area (Å²) in [5, 5.41) is 9.54. The summed E-state index contributed by atoms with van der Waals surface area (Å²) >= 11 is 2.25. The zero-order valence-electron chi connectivity index (χ0n) is 15.0. The lowest BCUT2D eigenvalue weighted by Gasteiger charge is -2.17. The van der Waals surface area contributed by atoms with Gasteiger partial charge in [-0.05, 0) is 72.2 Å². The molecule has 0 spiro atoms. The summed E-state index contributed by atoms with van der Waals surface area (Å²) in [6.45, 7) is 6.15. The van der Waals surface area contributed by atoms with Crippen molar-refractivity contribution >= 4 is 34.2 Å². The second-order valence-corrected chi connectivity index (χ2v) is 7.07. The van der Waals surface area contributed by atoms with Crippen molar-refractivity contribution < 1.29 is 9.47 Å². The van der Waals surface area contributed by atoms with Crippen molar-refractivity contribution in [3.8, 4) is 17.6 Å². The Hall–Kier alpha value is -2.00. The number of benzene rings is 2. The molecule has 4 heteroatoms. The highest BCUT2D eigenvalue weighted by Gasteiger charge is 2.14. The van der Waals surface area contributed by atoms with Crippen molar-refractivity contribution in [1.82, 2.24) is 0 Å². The van der Waals surface area contributed by atoms with Crippen LogP contribution in [0.5, 0.6) is 11.5 Å². The number of hydrogen-bond acceptors (Lipinski definition) is 3. The van der Waals surface area contributed by atoms with Crippen LogP contribution in [0.25, 0.3) is 11.6 Å². The van der Waals surface area contributed by atoms with Gasteiger partial charge in [0, 0.05) is 0 Å². The van der Waals surface area contributed by atoms with Gasteiger partial charge >= 0.3 is 0 Å². The number of rotatable bonds is 6. The Morgan fingerprint density at radius 3 is 2.52 bits per heavy atom. The molecule has 0 aromatic heterocycles. The Morgan fingerprint density at radius 1 is 1.28 bits per heavy atom. The average Bonchev–Trinajstić information content (AvgIpc) is 2.62. The molecule has 130 valence electrons. The molecule has 1 atom stereocenters. The van der Waals surface area contributed by atoms with Gasteiger partial charge < -0.3 is 9.47 Å². The van der Waals surface area contributed by atoms with Gasteiger partial charge in [-0.2, -0.15) is 5.26 Å². The number of nitrogens with zero attached hydrogens (tertiary/aromatic N) is 1. The van der Waals surface area contributed by atoms with Gasteiger partial charge in [-0.25, -0.2) is 0 Å². The van der Waals surface area contributed by atoms with Gasteiger partial charge in [0.05, 0.1) is 28.4 Å². The van der Waals surface area contributed by atoms with Gasteiger partial charge in [0.1, 0.15) is 0 Å². The van der Waals surface area contributed by atoms with E-state index in [1.54, 1.807) is 7.11 Å². The van der Waals surface area contributed by atoms with Crippen LogP contribution < -0.4 is 9.47 Å². The molecule has 0 aliphatic carbocycles. The van der Waals surface area contributed by atoms with E-state index < -0.39 is 0 Å². The molecular formula is C21H22INO2. The van der Waals surface area contributed by atoms with Crippen LogP contribution in [0, 0.1) is 21.8 Å². The average molecular weight is 447 g/mol. The van der Waals surface area contributed by atoms with E-state index in [-0.39, 0.29) is 6.10 Å². The van der Waals surface area contributed by atoms with E-state index in [1.807, 2.05) is 56.3 Å². The Labute approximate surface area is 163 Å². The SMILES string of the molecule is CCC(C)Oc1c(I)cc(/C=C(/C#N)c2ccc(C)cc2)cc1OC. The lowest BCUT2D eigenvalue weighted by Crippen LogP contribution is -2.11. The van der Waals surface area contributed by atoms with Crippen molar-refractivity contribution in [2.24, 2.45) is 0 Å². The van der Waals surface area contributed by atoms with Gasteiger partial charge in [0.25, 0.3) is 0 Å². The van der Waals surface area contributed by atoms with Crippen LogP contribution in [0.15, 0.2) is 36.4 Å². The highest BCUT2D eigenvalue weighted by atomic mass is 127. The minimum Gasteiger partial charge on any atom is -0.493 e. The first-order chi connectivity index (χ1) is 12.0. The first-order valence-electron chi connectivity index (χ1n) is 8.21. The van der Waals surface area contributed by atoms with Crippen LogP contribution in [0.1, 0.15) is 37.0 Å². The number of nitriles is 1. The topological polar surface area (TPSA) is 42.2 Å². The molecule has 0 fully saturated rings. The van der Waals surface area contributed by atoms with E-state index in [0.717, 1.165) is 26.9 Å². The van der Waals surface area contributed by atoms with Gasteiger partial charge in [0.15, 0.2) is 11.5 Å². The van der Waals surface area contributed by atoms with Crippen LogP contribution in [-0.2, 0) is 0 Å². The molecule has 0 aliphatic heterocycles. The molecule has 2 aromatic carbocycles. The second kappa shape index (κ2) is 8.91. The predicted molar refractivity (Wildman–Crippen MR) is 111 cm³/mol. The Morgan fingerprint density at radius 2 is 1.96 bits per heavy atom. The lowest BCUT2D eigenvalue weighted by atomic mass is 10.0. The Balaban J connectivity index is 2.43. The van der Waals surface area contributed by atoms with Crippen LogP contribution in [0.4, 0.5) is 0 Å². The first-order valence-corrected chi connectivity index (χ1v) is 9.29. The molecule has 0 amide bonds. The van der Waals surface area contributed by atoms with E-state index in [9.17, 15) is 5.26 Å². The third-order valence-corrected chi connectivity index (χ3v) is 4.74. The third-order valence-electron chi connectivity index (χ3n) is 3.94. The van der Waals surface area contributed by atoms with Crippen LogP contribution in [-0.4, -0.2) is 13.2 Å². The fourth-order valence-corrected chi connectivity index (χ4v) is 3.05. The number of ether oxygens (including phenoxy) is 2. The number of methoxy groups -OCH3 is 1. The summed E-state index contributed by atoms with van der Waals surface area (Å²) in [5.41, 5.74) is 3.61. The van der Waals surface area contributed by atoms with E-state index in [4.69, 9.17) is 9.47 Å². The lowest BCUT2D eigenvalue weighted by molar-refractivity contribution is 0.206. The highest BCUT2D eigenvalue weighted by Crippen LogP contribution is 2.36. The largest absolute Gasteiger partial charge is 0.493 e. The molecule has 2 aromatic rings. The number of allylic oxidation sites excluding steroid dienone is 1. The Bertz CT molecular complexity index is 804. The quantitative estimate of drug-likeness (QED) is 0.317. The molecule has 0 N–H and O–H groups in total. The van der Waals surface area contributed by atoms with Crippen LogP contribution in [0.2, 0.25) is 0 Å². The third kappa shape index (κ3) is 4.99. The molecule has 0 bridgehead atoms. The molecule has 25 heavy (non-hydrogen) atoms. The molecule has 0 saturated carbocycles. The summed E-state index contributed by atoms with van der Waals surface area (Å²) in [6.07, 6.45) is 2.92. The van der Waals surface area contributed by atoms with Crippen molar-refractivity contribution in [3.63, 3.8) is 0 Å². The van der Waals surface area contributed by atoms with Gasteiger partial charge in [-0.3, -0.25) is 0 Å². The van der Waals surface area contributed by atoms with Gasteiger partial charge in [-0.15, -0.1) is 0 Å². The highest BCUT2D eigenvalue weighted by molar-refractivity contribution is 14.1.